The van der Waals surface area contributed by atoms with E-state index >= 15 is 0 Å². The van der Waals surface area contributed by atoms with E-state index < -0.39 is 0 Å². The van der Waals surface area contributed by atoms with E-state index in [1.807, 2.05) is 30.3 Å². The number of benzene rings is 1. The molecule has 5 nitrogen and oxygen atoms in total. The van der Waals surface area contributed by atoms with E-state index in [0.717, 1.165) is 18.1 Å². The predicted octanol–water partition coefficient (Wildman–Crippen LogP) is 4.05. The van der Waals surface area contributed by atoms with Crippen LogP contribution in [-0.2, 0) is 0 Å². The lowest BCUT2D eigenvalue weighted by Gasteiger charge is -2.29. The van der Waals surface area contributed by atoms with Crippen molar-refractivity contribution in [3.63, 3.8) is 0 Å². The average Bonchev–Trinajstić information content (AvgIpc) is 2.55. The third kappa shape index (κ3) is 5.51. The van der Waals surface area contributed by atoms with Crippen LogP contribution in [0.3, 0.4) is 0 Å². The van der Waals surface area contributed by atoms with Gasteiger partial charge in [0, 0.05) is 23.5 Å². The summed E-state index contributed by atoms with van der Waals surface area (Å²) in [5.41, 5.74) is 0.880. The second kappa shape index (κ2) is 9.06. The maximum absolute atomic E-state index is 5.99. The van der Waals surface area contributed by atoms with Crippen LogP contribution in [0.1, 0.15) is 12.8 Å². The van der Waals surface area contributed by atoms with Crippen molar-refractivity contribution in [2.75, 3.05) is 37.3 Å². The number of rotatable bonds is 5. The van der Waals surface area contributed by atoms with Crippen molar-refractivity contribution in [1.82, 2.24) is 14.9 Å². The molecule has 2 aromatic rings. The van der Waals surface area contributed by atoms with Crippen molar-refractivity contribution < 1.29 is 0 Å². The fraction of sp³-hybridized carbons (Fsp3) is 0.412. The quantitative estimate of drug-likeness (QED) is 0.834. The van der Waals surface area contributed by atoms with Gasteiger partial charge in [-0.2, -0.15) is 4.98 Å². The second-order valence-corrected chi connectivity index (χ2v) is 6.46. The van der Waals surface area contributed by atoms with Gasteiger partial charge in [0.15, 0.2) is 0 Å². The smallest absolute Gasteiger partial charge is 0.229 e. The summed E-state index contributed by atoms with van der Waals surface area (Å²) in [6.07, 6.45) is 4.24. The van der Waals surface area contributed by atoms with Crippen LogP contribution in [-0.4, -0.2) is 41.5 Å². The lowest BCUT2D eigenvalue weighted by Crippen LogP contribution is -2.33. The molecule has 0 saturated carbocycles. The Balaban J connectivity index is 0.00000208. The molecule has 1 fully saturated rings. The SMILES string of the molecule is CN1CCC(CNc2ccnc(Nc3cccc(Cl)c3)n2)CC1.Cl. The van der Waals surface area contributed by atoms with Crippen molar-refractivity contribution in [3.8, 4) is 0 Å². The van der Waals surface area contributed by atoms with Crippen LogP contribution >= 0.6 is 24.0 Å². The van der Waals surface area contributed by atoms with Gasteiger partial charge < -0.3 is 15.5 Å². The van der Waals surface area contributed by atoms with E-state index in [9.17, 15) is 0 Å². The van der Waals surface area contributed by atoms with Crippen molar-refractivity contribution >= 4 is 41.5 Å². The zero-order valence-corrected chi connectivity index (χ0v) is 15.3. The topological polar surface area (TPSA) is 53.1 Å². The lowest BCUT2D eigenvalue weighted by atomic mass is 9.97. The third-order valence-corrected chi connectivity index (χ3v) is 4.38. The Morgan fingerprint density at radius 3 is 2.79 bits per heavy atom. The first-order valence-corrected chi connectivity index (χ1v) is 8.35. The van der Waals surface area contributed by atoms with Crippen LogP contribution in [0, 0.1) is 5.92 Å². The summed E-state index contributed by atoms with van der Waals surface area (Å²) in [5, 5.41) is 7.29. The van der Waals surface area contributed by atoms with Crippen molar-refractivity contribution in [2.24, 2.45) is 5.92 Å². The summed E-state index contributed by atoms with van der Waals surface area (Å²) >= 11 is 5.99. The molecule has 24 heavy (non-hydrogen) atoms. The third-order valence-electron chi connectivity index (χ3n) is 4.15. The maximum Gasteiger partial charge on any atom is 0.229 e. The monoisotopic (exact) mass is 367 g/mol. The van der Waals surface area contributed by atoms with Crippen LogP contribution in [0.5, 0.6) is 0 Å². The van der Waals surface area contributed by atoms with Crippen LogP contribution in [0.4, 0.5) is 17.5 Å². The molecule has 0 unspecified atom stereocenters. The highest BCUT2D eigenvalue weighted by atomic mass is 35.5. The molecule has 130 valence electrons. The largest absolute Gasteiger partial charge is 0.370 e. The summed E-state index contributed by atoms with van der Waals surface area (Å²) in [4.78, 5) is 11.2. The first kappa shape index (κ1) is 18.8. The normalized spacial score (nSPS) is 15.6. The van der Waals surface area contributed by atoms with Gasteiger partial charge in [0.05, 0.1) is 0 Å². The molecular formula is C17H23Cl2N5. The number of nitrogens with one attached hydrogen (secondary N) is 2. The van der Waals surface area contributed by atoms with Crippen LogP contribution in [0.2, 0.25) is 5.02 Å². The number of piperidine rings is 1. The Bertz CT molecular complexity index is 644. The number of anilines is 3. The summed E-state index contributed by atoms with van der Waals surface area (Å²) in [6.45, 7) is 3.32. The minimum absolute atomic E-state index is 0. The number of halogens is 2. The van der Waals surface area contributed by atoms with E-state index in [1.165, 1.54) is 25.9 Å². The van der Waals surface area contributed by atoms with Gasteiger partial charge in [0.25, 0.3) is 0 Å². The molecule has 0 bridgehead atoms. The fourth-order valence-corrected chi connectivity index (χ4v) is 2.92. The van der Waals surface area contributed by atoms with Gasteiger partial charge in [-0.25, -0.2) is 4.98 Å². The number of hydrogen-bond acceptors (Lipinski definition) is 5. The zero-order chi connectivity index (χ0) is 16.1. The van der Waals surface area contributed by atoms with Crippen molar-refractivity contribution in [2.45, 2.75) is 12.8 Å². The van der Waals surface area contributed by atoms with Crippen molar-refractivity contribution in [3.05, 3.63) is 41.6 Å². The number of likely N-dealkylation sites (tertiary alicyclic amines) is 1. The van der Waals surface area contributed by atoms with Crippen LogP contribution in [0.25, 0.3) is 0 Å². The first-order chi connectivity index (χ1) is 11.2. The fourth-order valence-electron chi connectivity index (χ4n) is 2.73. The molecule has 0 atom stereocenters. The minimum atomic E-state index is 0. The molecule has 0 spiro atoms. The molecule has 1 aromatic heterocycles. The van der Waals surface area contributed by atoms with Crippen LogP contribution in [0.15, 0.2) is 36.5 Å². The van der Waals surface area contributed by atoms with E-state index in [4.69, 9.17) is 11.6 Å². The molecule has 1 aromatic carbocycles. The van der Waals surface area contributed by atoms with Gasteiger partial charge in [-0.3, -0.25) is 0 Å². The zero-order valence-electron chi connectivity index (χ0n) is 13.7. The number of nitrogens with zero attached hydrogens (tertiary/aromatic N) is 3. The summed E-state index contributed by atoms with van der Waals surface area (Å²) < 4.78 is 0. The maximum atomic E-state index is 5.99. The molecule has 2 N–H and O–H groups in total. The molecule has 7 heteroatoms. The molecule has 0 aliphatic carbocycles. The number of hydrogen-bond donors (Lipinski definition) is 2. The summed E-state index contributed by atoms with van der Waals surface area (Å²) in [7, 11) is 2.18. The van der Waals surface area contributed by atoms with E-state index in [2.05, 4.69) is 32.5 Å². The molecule has 0 amide bonds. The van der Waals surface area contributed by atoms with Gasteiger partial charge >= 0.3 is 0 Å². The van der Waals surface area contributed by atoms with Gasteiger partial charge in [0.1, 0.15) is 5.82 Å². The predicted molar refractivity (Wildman–Crippen MR) is 103 cm³/mol. The van der Waals surface area contributed by atoms with Gasteiger partial charge in [-0.15, -0.1) is 12.4 Å². The summed E-state index contributed by atoms with van der Waals surface area (Å²) in [5.74, 6) is 2.13. The Labute approximate surface area is 154 Å². The molecule has 1 aliphatic rings. The Hall–Kier alpha value is -1.56. The van der Waals surface area contributed by atoms with E-state index in [0.29, 0.717) is 16.9 Å². The molecule has 3 rings (SSSR count). The molecule has 1 saturated heterocycles. The van der Waals surface area contributed by atoms with E-state index in [1.54, 1.807) is 6.20 Å². The number of aromatic nitrogens is 2. The highest BCUT2D eigenvalue weighted by Crippen LogP contribution is 2.19. The van der Waals surface area contributed by atoms with Gasteiger partial charge in [-0.05, 0) is 63.2 Å². The molecular weight excluding hydrogens is 345 g/mol. The minimum Gasteiger partial charge on any atom is -0.370 e. The highest BCUT2D eigenvalue weighted by molar-refractivity contribution is 6.30. The van der Waals surface area contributed by atoms with Gasteiger partial charge in [0.2, 0.25) is 5.95 Å². The molecule has 2 heterocycles. The van der Waals surface area contributed by atoms with E-state index in [-0.39, 0.29) is 12.4 Å². The Kier molecular flexibility index (Phi) is 7.09. The van der Waals surface area contributed by atoms with Crippen molar-refractivity contribution in [1.29, 1.82) is 0 Å². The summed E-state index contributed by atoms with van der Waals surface area (Å²) in [6, 6.07) is 9.43. The molecule has 0 radical (unpaired) electrons. The van der Waals surface area contributed by atoms with Crippen LogP contribution < -0.4 is 10.6 Å². The second-order valence-electron chi connectivity index (χ2n) is 6.03. The average molecular weight is 368 g/mol. The lowest BCUT2D eigenvalue weighted by molar-refractivity contribution is 0.226. The Morgan fingerprint density at radius 2 is 2.04 bits per heavy atom. The molecule has 1 aliphatic heterocycles. The standard InChI is InChI=1S/C17H22ClN5.ClH/c1-23-9-6-13(7-10-23)12-20-16-5-8-19-17(22-16)21-15-4-2-3-14(18)11-15;/h2-5,8,11,13H,6-7,9-10,12H2,1H3,(H2,19,20,21,22);1H. The van der Waals surface area contributed by atoms with Gasteiger partial charge in [-0.1, -0.05) is 17.7 Å². The Morgan fingerprint density at radius 1 is 1.25 bits per heavy atom. The first-order valence-electron chi connectivity index (χ1n) is 7.97. The highest BCUT2D eigenvalue weighted by Gasteiger charge is 2.16.